The van der Waals surface area contributed by atoms with Gasteiger partial charge in [0.15, 0.2) is 5.84 Å². The van der Waals surface area contributed by atoms with E-state index in [0.717, 1.165) is 0 Å². The first-order chi connectivity index (χ1) is 9.74. The highest BCUT2D eigenvalue weighted by molar-refractivity contribution is 6.19. The summed E-state index contributed by atoms with van der Waals surface area (Å²) in [4.78, 5) is 4.17. The van der Waals surface area contributed by atoms with Gasteiger partial charge in [-0.1, -0.05) is 42.5 Å². The molecule has 2 aromatic carbocycles. The van der Waals surface area contributed by atoms with Crippen LogP contribution in [0.2, 0.25) is 0 Å². The Hall–Kier alpha value is -3.17. The Morgan fingerprint density at radius 3 is 2.20 bits per heavy atom. The van der Waals surface area contributed by atoms with Crippen LogP contribution >= 0.6 is 0 Å². The molecule has 0 fully saturated rings. The van der Waals surface area contributed by atoms with Crippen molar-refractivity contribution in [1.29, 1.82) is 10.7 Å². The minimum atomic E-state index is 0.114. The van der Waals surface area contributed by atoms with Gasteiger partial charge in [0.1, 0.15) is 5.71 Å². The normalized spacial score (nSPS) is 10.4. The SMILES string of the molecule is C#CC(=NC(=N)c1ccccc1)c1ccc(C#N)cc1. The topological polar surface area (TPSA) is 60.0 Å². The third-order valence-electron chi connectivity index (χ3n) is 2.69. The molecule has 0 bridgehead atoms. The number of terminal acetylenes is 1. The molecular formula is C17H11N3. The molecule has 20 heavy (non-hydrogen) atoms. The Kier molecular flexibility index (Phi) is 4.07. The van der Waals surface area contributed by atoms with Crippen molar-refractivity contribution >= 4 is 11.5 Å². The minimum Gasteiger partial charge on any atom is -0.282 e. The van der Waals surface area contributed by atoms with Gasteiger partial charge in [0.25, 0.3) is 0 Å². The number of amidine groups is 1. The Morgan fingerprint density at radius 2 is 1.65 bits per heavy atom. The standard InChI is InChI=1S/C17H11N3/c1-2-16(14-10-8-13(12-18)9-11-14)20-17(19)15-6-4-3-5-7-15/h1,3-11,19H. The maximum absolute atomic E-state index is 8.76. The van der Waals surface area contributed by atoms with Crippen LogP contribution in [-0.2, 0) is 0 Å². The van der Waals surface area contributed by atoms with Gasteiger partial charge in [-0.15, -0.1) is 6.42 Å². The van der Waals surface area contributed by atoms with E-state index >= 15 is 0 Å². The molecule has 0 aliphatic rings. The molecule has 0 spiro atoms. The molecule has 2 rings (SSSR count). The number of nitriles is 1. The highest BCUT2D eigenvalue weighted by Crippen LogP contribution is 2.07. The van der Waals surface area contributed by atoms with Crippen molar-refractivity contribution in [3.8, 4) is 18.4 Å². The fourth-order valence-electron chi connectivity index (χ4n) is 1.66. The van der Waals surface area contributed by atoms with Gasteiger partial charge in [0, 0.05) is 11.1 Å². The molecule has 0 unspecified atom stereocenters. The average Bonchev–Trinajstić information content (AvgIpc) is 2.53. The fourth-order valence-corrected chi connectivity index (χ4v) is 1.66. The van der Waals surface area contributed by atoms with Crippen LogP contribution in [-0.4, -0.2) is 11.5 Å². The monoisotopic (exact) mass is 257 g/mol. The van der Waals surface area contributed by atoms with E-state index in [0.29, 0.717) is 22.4 Å². The molecule has 94 valence electrons. The highest BCUT2D eigenvalue weighted by atomic mass is 14.8. The quantitative estimate of drug-likeness (QED) is 0.502. The second-order valence-corrected chi connectivity index (χ2v) is 4.01. The van der Waals surface area contributed by atoms with Gasteiger partial charge in [-0.3, -0.25) is 5.41 Å². The molecule has 0 saturated heterocycles. The molecule has 2 aromatic rings. The molecule has 0 aliphatic heterocycles. The first-order valence-electron chi connectivity index (χ1n) is 5.94. The zero-order valence-electron chi connectivity index (χ0n) is 10.7. The first-order valence-corrected chi connectivity index (χ1v) is 5.94. The van der Waals surface area contributed by atoms with Gasteiger partial charge in [0.2, 0.25) is 0 Å². The molecule has 0 aliphatic carbocycles. The number of nitrogens with zero attached hydrogens (tertiary/aromatic N) is 2. The van der Waals surface area contributed by atoms with Gasteiger partial charge in [-0.25, -0.2) is 4.99 Å². The molecule has 3 nitrogen and oxygen atoms in total. The van der Waals surface area contributed by atoms with Gasteiger partial charge in [-0.2, -0.15) is 5.26 Å². The van der Waals surface area contributed by atoms with Crippen molar-refractivity contribution in [3.05, 3.63) is 71.3 Å². The fraction of sp³-hybridized carbons (Fsp3) is 0. The Morgan fingerprint density at radius 1 is 1.00 bits per heavy atom. The highest BCUT2D eigenvalue weighted by Gasteiger charge is 2.04. The summed E-state index contributed by atoms with van der Waals surface area (Å²) in [5.74, 6) is 2.60. The maximum atomic E-state index is 8.76. The van der Waals surface area contributed by atoms with Crippen LogP contribution in [0.15, 0.2) is 59.6 Å². The molecule has 0 saturated carbocycles. The molecule has 0 aromatic heterocycles. The summed E-state index contributed by atoms with van der Waals surface area (Å²) in [6, 6.07) is 18.0. The lowest BCUT2D eigenvalue weighted by Gasteiger charge is -2.02. The van der Waals surface area contributed by atoms with Crippen molar-refractivity contribution in [1.82, 2.24) is 0 Å². The van der Waals surface area contributed by atoms with E-state index in [1.54, 1.807) is 36.4 Å². The second kappa shape index (κ2) is 6.13. The minimum absolute atomic E-state index is 0.114. The number of aliphatic imine (C=N–C) groups is 1. The van der Waals surface area contributed by atoms with Crippen molar-refractivity contribution < 1.29 is 0 Å². The van der Waals surface area contributed by atoms with Gasteiger partial charge in [-0.05, 0) is 18.1 Å². The van der Waals surface area contributed by atoms with E-state index in [1.165, 1.54) is 0 Å². The Bertz CT molecular complexity index is 727. The van der Waals surface area contributed by atoms with Gasteiger partial charge in [0.05, 0.1) is 11.6 Å². The van der Waals surface area contributed by atoms with Crippen molar-refractivity contribution in [2.45, 2.75) is 0 Å². The zero-order valence-corrected chi connectivity index (χ0v) is 10.7. The van der Waals surface area contributed by atoms with Crippen LogP contribution in [0.5, 0.6) is 0 Å². The summed E-state index contributed by atoms with van der Waals surface area (Å²) in [6.07, 6.45) is 5.46. The molecule has 0 amide bonds. The third-order valence-corrected chi connectivity index (χ3v) is 2.69. The van der Waals surface area contributed by atoms with E-state index in [1.807, 2.05) is 24.3 Å². The lowest BCUT2D eigenvalue weighted by molar-refractivity contribution is 1.41. The molecule has 3 heteroatoms. The van der Waals surface area contributed by atoms with Gasteiger partial charge >= 0.3 is 0 Å². The molecular weight excluding hydrogens is 246 g/mol. The van der Waals surface area contributed by atoms with E-state index in [-0.39, 0.29) is 5.84 Å². The third kappa shape index (κ3) is 2.98. The number of hydrogen-bond acceptors (Lipinski definition) is 2. The van der Waals surface area contributed by atoms with Crippen molar-refractivity contribution in [2.75, 3.05) is 0 Å². The second-order valence-electron chi connectivity index (χ2n) is 4.01. The number of hydrogen-bond donors (Lipinski definition) is 1. The van der Waals surface area contributed by atoms with E-state index in [2.05, 4.69) is 10.9 Å². The summed E-state index contributed by atoms with van der Waals surface area (Å²) >= 11 is 0. The maximum Gasteiger partial charge on any atom is 0.153 e. The lowest BCUT2D eigenvalue weighted by Crippen LogP contribution is -2.03. The number of benzene rings is 2. The number of rotatable bonds is 2. The summed E-state index contributed by atoms with van der Waals surface area (Å²) in [7, 11) is 0. The Labute approximate surface area is 117 Å². The van der Waals surface area contributed by atoms with Crippen LogP contribution in [0.25, 0.3) is 0 Å². The predicted molar refractivity (Wildman–Crippen MR) is 79.8 cm³/mol. The summed E-state index contributed by atoms with van der Waals surface area (Å²) in [6.45, 7) is 0. The van der Waals surface area contributed by atoms with Gasteiger partial charge < -0.3 is 0 Å². The van der Waals surface area contributed by atoms with E-state index in [9.17, 15) is 0 Å². The van der Waals surface area contributed by atoms with Crippen molar-refractivity contribution in [2.24, 2.45) is 4.99 Å². The van der Waals surface area contributed by atoms with E-state index in [4.69, 9.17) is 17.1 Å². The van der Waals surface area contributed by atoms with Crippen LogP contribution in [0, 0.1) is 29.1 Å². The van der Waals surface area contributed by atoms with Crippen LogP contribution in [0.3, 0.4) is 0 Å². The predicted octanol–water partition coefficient (Wildman–Crippen LogP) is 3.01. The first kappa shape index (κ1) is 13.3. The van der Waals surface area contributed by atoms with Crippen LogP contribution in [0.4, 0.5) is 0 Å². The summed E-state index contributed by atoms with van der Waals surface area (Å²) in [5, 5.41) is 16.7. The van der Waals surface area contributed by atoms with Crippen molar-refractivity contribution in [3.63, 3.8) is 0 Å². The molecule has 0 radical (unpaired) electrons. The largest absolute Gasteiger partial charge is 0.282 e. The molecule has 0 heterocycles. The summed E-state index contributed by atoms with van der Waals surface area (Å²) in [5.41, 5.74) is 2.35. The lowest BCUT2D eigenvalue weighted by atomic mass is 10.1. The zero-order chi connectivity index (χ0) is 14.4. The number of nitrogens with one attached hydrogen (secondary N) is 1. The smallest absolute Gasteiger partial charge is 0.153 e. The summed E-state index contributed by atoms with van der Waals surface area (Å²) < 4.78 is 0. The molecule has 1 N–H and O–H groups in total. The van der Waals surface area contributed by atoms with Crippen LogP contribution in [0.1, 0.15) is 16.7 Å². The van der Waals surface area contributed by atoms with Crippen LogP contribution < -0.4 is 0 Å². The molecule has 0 atom stereocenters. The Balaban J connectivity index is 2.33. The van der Waals surface area contributed by atoms with E-state index < -0.39 is 0 Å². The average molecular weight is 257 g/mol.